The van der Waals surface area contributed by atoms with Gasteiger partial charge in [0.05, 0.1) is 12.2 Å². The monoisotopic (exact) mass is 404 g/mol. The van der Waals surface area contributed by atoms with Crippen LogP contribution in [0.25, 0.3) is 11.0 Å². The van der Waals surface area contributed by atoms with Gasteiger partial charge in [0.15, 0.2) is 5.82 Å². The number of aromatic nitrogens is 3. The van der Waals surface area contributed by atoms with Crippen molar-refractivity contribution in [1.82, 2.24) is 14.5 Å². The summed E-state index contributed by atoms with van der Waals surface area (Å²) in [6.07, 6.45) is 7.67. The maximum Gasteiger partial charge on any atom is 0.151 e. The van der Waals surface area contributed by atoms with Crippen LogP contribution in [0.1, 0.15) is 56.0 Å². The van der Waals surface area contributed by atoms with E-state index in [1.165, 1.54) is 0 Å². The van der Waals surface area contributed by atoms with E-state index in [1.54, 1.807) is 0 Å². The summed E-state index contributed by atoms with van der Waals surface area (Å²) in [6, 6.07) is 10.0. The maximum absolute atomic E-state index is 10.5. The number of hydrogen-bond acceptors (Lipinski definition) is 5. The van der Waals surface area contributed by atoms with E-state index in [-0.39, 0.29) is 0 Å². The van der Waals surface area contributed by atoms with Gasteiger partial charge in [-0.25, -0.2) is 9.97 Å². The van der Waals surface area contributed by atoms with Gasteiger partial charge < -0.3 is 19.8 Å². The molecule has 0 spiro atoms. The van der Waals surface area contributed by atoms with Crippen LogP contribution in [0.2, 0.25) is 0 Å². The molecule has 0 saturated carbocycles. The number of ether oxygens (including phenoxy) is 1. The molecule has 0 radical (unpaired) electrons. The Morgan fingerprint density at radius 3 is 2.80 bits per heavy atom. The molecule has 0 aliphatic rings. The summed E-state index contributed by atoms with van der Waals surface area (Å²) in [5, 5.41) is 0. The Labute approximate surface area is 177 Å². The minimum atomic E-state index is 0.333. The van der Waals surface area contributed by atoms with E-state index in [2.05, 4.69) is 23.7 Å². The van der Waals surface area contributed by atoms with Gasteiger partial charge in [-0.15, -0.1) is 0 Å². The number of rotatable bonds is 10. The van der Waals surface area contributed by atoms with Crippen molar-refractivity contribution in [2.24, 2.45) is 0 Å². The lowest BCUT2D eigenvalue weighted by Crippen LogP contribution is -2.06. The second kappa shape index (κ2) is 11.1. The fraction of sp³-hybridized carbons (Fsp3) is 0.375. The summed E-state index contributed by atoms with van der Waals surface area (Å²) in [6.45, 7) is 2.97. The number of unbranched alkanes of at least 4 members (excludes halogenated alkanes) is 3. The molecular weight excluding hydrogens is 376 g/mol. The average Bonchev–Trinajstić information content (AvgIpc) is 3.11. The highest BCUT2D eigenvalue weighted by Gasteiger charge is 2.15. The maximum atomic E-state index is 10.5. The summed E-state index contributed by atoms with van der Waals surface area (Å²) in [7, 11) is 0. The molecule has 2 aromatic heterocycles. The summed E-state index contributed by atoms with van der Waals surface area (Å²) in [4.78, 5) is 19.7. The van der Waals surface area contributed by atoms with E-state index in [9.17, 15) is 4.79 Å². The summed E-state index contributed by atoms with van der Waals surface area (Å²) >= 11 is 0. The molecule has 0 fully saturated rings. The zero-order chi connectivity index (χ0) is 21.2. The molecule has 2 heterocycles. The van der Waals surface area contributed by atoms with Crippen LogP contribution in [0.5, 0.6) is 0 Å². The molecule has 0 aliphatic heterocycles. The van der Waals surface area contributed by atoms with Crippen LogP contribution in [0.4, 0.5) is 5.82 Å². The molecule has 0 aliphatic carbocycles. The molecule has 1 aromatic carbocycles. The Kier molecular flexibility index (Phi) is 7.99. The normalized spacial score (nSPS) is 10.7. The third-order valence-corrected chi connectivity index (χ3v) is 4.73. The number of hydrogen-bond donors (Lipinski definition) is 1. The number of aldehydes is 1. The lowest BCUT2D eigenvalue weighted by atomic mass is 10.2. The van der Waals surface area contributed by atoms with Crippen molar-refractivity contribution in [1.29, 1.82) is 0 Å². The zero-order valence-electron chi connectivity index (χ0n) is 17.4. The van der Waals surface area contributed by atoms with Crippen molar-refractivity contribution in [3.8, 4) is 11.8 Å². The Morgan fingerprint density at radius 2 is 2.03 bits per heavy atom. The first-order valence-corrected chi connectivity index (χ1v) is 10.4. The predicted octanol–water partition coefficient (Wildman–Crippen LogP) is 4.25. The SMILES string of the molecule is CCCCc1nc(N)c2c(n1)c(C#CCCCC=O)cn2COCc1ccccc1. The van der Waals surface area contributed by atoms with Crippen LogP contribution in [0, 0.1) is 11.8 Å². The van der Waals surface area contributed by atoms with Crippen LogP contribution in [-0.2, 0) is 29.3 Å². The van der Waals surface area contributed by atoms with E-state index < -0.39 is 0 Å². The molecule has 3 aromatic rings. The molecule has 156 valence electrons. The van der Waals surface area contributed by atoms with Crippen molar-refractivity contribution < 1.29 is 9.53 Å². The minimum absolute atomic E-state index is 0.333. The first-order chi connectivity index (χ1) is 14.7. The van der Waals surface area contributed by atoms with Crippen molar-refractivity contribution in [2.75, 3.05) is 5.73 Å². The van der Waals surface area contributed by atoms with Crippen LogP contribution in [-0.4, -0.2) is 20.8 Å². The van der Waals surface area contributed by atoms with Crippen molar-refractivity contribution in [3.05, 3.63) is 53.5 Å². The third kappa shape index (κ3) is 5.68. The fourth-order valence-electron chi connectivity index (χ4n) is 3.18. The van der Waals surface area contributed by atoms with Gasteiger partial charge in [0.1, 0.15) is 29.9 Å². The van der Waals surface area contributed by atoms with E-state index >= 15 is 0 Å². The van der Waals surface area contributed by atoms with Crippen molar-refractivity contribution in [2.45, 2.75) is 58.8 Å². The van der Waals surface area contributed by atoms with Crippen LogP contribution in [0.15, 0.2) is 36.5 Å². The first kappa shape index (κ1) is 21.5. The molecule has 0 bridgehead atoms. The molecule has 30 heavy (non-hydrogen) atoms. The number of benzene rings is 1. The highest BCUT2D eigenvalue weighted by molar-refractivity contribution is 5.90. The summed E-state index contributed by atoms with van der Waals surface area (Å²) in [5.74, 6) is 7.53. The minimum Gasteiger partial charge on any atom is -0.382 e. The van der Waals surface area contributed by atoms with Gasteiger partial charge in [-0.2, -0.15) is 0 Å². The second-order valence-corrected chi connectivity index (χ2v) is 7.16. The lowest BCUT2D eigenvalue weighted by molar-refractivity contribution is -0.107. The number of anilines is 1. The van der Waals surface area contributed by atoms with Gasteiger partial charge in [0.25, 0.3) is 0 Å². The van der Waals surface area contributed by atoms with Crippen LogP contribution >= 0.6 is 0 Å². The molecule has 0 amide bonds. The van der Waals surface area contributed by atoms with Gasteiger partial charge in [-0.1, -0.05) is 55.5 Å². The highest BCUT2D eigenvalue weighted by Crippen LogP contribution is 2.24. The smallest absolute Gasteiger partial charge is 0.151 e. The van der Waals surface area contributed by atoms with E-state index in [0.29, 0.717) is 32.0 Å². The Hall–Kier alpha value is -3.17. The quantitative estimate of drug-likeness (QED) is 0.310. The number of nitrogens with zero attached hydrogens (tertiary/aromatic N) is 3. The number of nitrogens with two attached hydrogens (primary N) is 1. The van der Waals surface area contributed by atoms with E-state index in [1.807, 2.05) is 41.1 Å². The number of aryl methyl sites for hydroxylation is 1. The van der Waals surface area contributed by atoms with Crippen molar-refractivity contribution in [3.63, 3.8) is 0 Å². The largest absolute Gasteiger partial charge is 0.382 e. The van der Waals surface area contributed by atoms with Crippen molar-refractivity contribution >= 4 is 23.1 Å². The molecule has 0 atom stereocenters. The van der Waals surface area contributed by atoms with E-state index in [4.69, 9.17) is 15.5 Å². The Morgan fingerprint density at radius 1 is 1.20 bits per heavy atom. The topological polar surface area (TPSA) is 83.0 Å². The Balaban J connectivity index is 1.86. The second-order valence-electron chi connectivity index (χ2n) is 7.16. The third-order valence-electron chi connectivity index (χ3n) is 4.73. The first-order valence-electron chi connectivity index (χ1n) is 10.4. The number of carbonyl (C=O) groups excluding carboxylic acids is 1. The molecule has 3 rings (SSSR count). The van der Waals surface area contributed by atoms with Gasteiger partial charge in [-0.3, -0.25) is 0 Å². The summed E-state index contributed by atoms with van der Waals surface area (Å²) in [5.41, 5.74) is 9.74. The number of carbonyl (C=O) groups is 1. The molecule has 0 unspecified atom stereocenters. The predicted molar refractivity (Wildman–Crippen MR) is 119 cm³/mol. The standard InChI is InChI=1S/C24H28N4O2/c1-2-3-14-21-26-22-20(13-9-4-5-10-15-29)16-28(23(22)24(25)27-21)18-30-17-19-11-7-6-8-12-19/h6-8,11-12,15-16H,2-5,10,14,17-18H2,1H3,(H2,25,26,27). The van der Waals surface area contributed by atoms with Crippen LogP contribution in [0.3, 0.4) is 0 Å². The molecular formula is C24H28N4O2. The molecule has 6 heteroatoms. The number of nitrogen functional groups attached to an aromatic ring is 1. The van der Waals surface area contributed by atoms with Gasteiger partial charge in [0, 0.05) is 25.5 Å². The molecule has 0 saturated heterocycles. The van der Waals surface area contributed by atoms with E-state index in [0.717, 1.165) is 60.0 Å². The van der Waals surface area contributed by atoms with Crippen LogP contribution < -0.4 is 5.73 Å². The van der Waals surface area contributed by atoms with Gasteiger partial charge in [0.2, 0.25) is 0 Å². The molecule has 6 nitrogen and oxygen atoms in total. The Bertz CT molecular complexity index is 1030. The van der Waals surface area contributed by atoms with Gasteiger partial charge >= 0.3 is 0 Å². The summed E-state index contributed by atoms with van der Waals surface area (Å²) < 4.78 is 7.82. The number of fused-ring (bicyclic) bond motifs is 1. The lowest BCUT2D eigenvalue weighted by Gasteiger charge is -2.09. The molecule has 2 N–H and O–H groups in total. The average molecular weight is 405 g/mol. The fourth-order valence-corrected chi connectivity index (χ4v) is 3.18. The zero-order valence-corrected chi connectivity index (χ0v) is 17.4. The van der Waals surface area contributed by atoms with Gasteiger partial charge in [-0.05, 0) is 18.4 Å². The highest BCUT2D eigenvalue weighted by atomic mass is 16.5.